The van der Waals surface area contributed by atoms with E-state index in [1.54, 1.807) is 5.48 Å². The van der Waals surface area contributed by atoms with Crippen molar-refractivity contribution in [3.05, 3.63) is 71.4 Å². The lowest BCUT2D eigenvalue weighted by molar-refractivity contribution is -0.132. The molecule has 2 aliphatic rings. The summed E-state index contributed by atoms with van der Waals surface area (Å²) in [4.78, 5) is 17.4. The molecule has 2 aromatic carbocycles. The Kier molecular flexibility index (Phi) is 6.42. The second-order valence-electron chi connectivity index (χ2n) is 8.48. The van der Waals surface area contributed by atoms with Crippen LogP contribution in [0.25, 0.3) is 10.9 Å². The summed E-state index contributed by atoms with van der Waals surface area (Å²) in [5.74, 6) is 4.70. The van der Waals surface area contributed by atoms with E-state index in [1.807, 2.05) is 18.2 Å². The SMILES string of the molecule is O=C(NO)C1C#CC1c1ccc(CN(CCc2c[nH]c3ccccc23)CC2OCCO2)cc1. The number of nitrogens with zero attached hydrogens (tertiary/aromatic N) is 1. The van der Waals surface area contributed by atoms with Gasteiger partial charge in [-0.3, -0.25) is 14.9 Å². The van der Waals surface area contributed by atoms with Crippen LogP contribution < -0.4 is 5.48 Å². The fourth-order valence-corrected chi connectivity index (χ4v) is 4.48. The molecule has 33 heavy (non-hydrogen) atoms. The van der Waals surface area contributed by atoms with Crippen LogP contribution in [0.3, 0.4) is 0 Å². The van der Waals surface area contributed by atoms with Crippen molar-refractivity contribution in [3.63, 3.8) is 0 Å². The molecule has 0 spiro atoms. The second-order valence-corrected chi connectivity index (χ2v) is 8.48. The van der Waals surface area contributed by atoms with E-state index in [2.05, 4.69) is 58.3 Å². The van der Waals surface area contributed by atoms with Crippen LogP contribution in [0.5, 0.6) is 0 Å². The molecule has 3 aromatic rings. The molecular weight excluding hydrogens is 418 g/mol. The minimum atomic E-state index is -0.495. The molecule has 1 aliphatic heterocycles. The third-order valence-corrected chi connectivity index (χ3v) is 6.34. The molecule has 1 aromatic heterocycles. The molecule has 1 saturated heterocycles. The van der Waals surface area contributed by atoms with Crippen molar-refractivity contribution in [3.8, 4) is 11.8 Å². The van der Waals surface area contributed by atoms with Crippen LogP contribution in [-0.4, -0.2) is 53.6 Å². The number of hydrogen-bond donors (Lipinski definition) is 3. The number of carbonyl (C=O) groups excluding carboxylic acids is 1. The molecule has 7 nitrogen and oxygen atoms in total. The number of carbonyl (C=O) groups is 1. The Balaban J connectivity index is 1.26. The monoisotopic (exact) mass is 445 g/mol. The Morgan fingerprint density at radius 1 is 1.12 bits per heavy atom. The predicted octanol–water partition coefficient (Wildman–Crippen LogP) is 2.81. The molecule has 0 bridgehead atoms. The zero-order valence-electron chi connectivity index (χ0n) is 18.3. The maximum absolute atomic E-state index is 11.7. The smallest absolute Gasteiger partial charge is 0.260 e. The molecule has 1 aliphatic carbocycles. The van der Waals surface area contributed by atoms with E-state index in [-0.39, 0.29) is 12.2 Å². The summed E-state index contributed by atoms with van der Waals surface area (Å²) in [5.41, 5.74) is 6.32. The van der Waals surface area contributed by atoms with Gasteiger partial charge < -0.3 is 14.5 Å². The van der Waals surface area contributed by atoms with Crippen molar-refractivity contribution < 1.29 is 19.5 Å². The molecule has 2 unspecified atom stereocenters. The average molecular weight is 446 g/mol. The lowest BCUT2D eigenvalue weighted by Crippen LogP contribution is -2.34. The predicted molar refractivity (Wildman–Crippen MR) is 123 cm³/mol. The molecule has 0 saturated carbocycles. The molecule has 2 atom stereocenters. The van der Waals surface area contributed by atoms with Crippen LogP contribution in [0.1, 0.15) is 22.6 Å². The van der Waals surface area contributed by atoms with Crippen LogP contribution in [-0.2, 0) is 27.2 Å². The first-order valence-corrected chi connectivity index (χ1v) is 11.3. The minimum absolute atomic E-state index is 0.176. The fourth-order valence-electron chi connectivity index (χ4n) is 4.48. The van der Waals surface area contributed by atoms with Gasteiger partial charge in [0.05, 0.1) is 19.1 Å². The zero-order valence-corrected chi connectivity index (χ0v) is 18.3. The summed E-state index contributed by atoms with van der Waals surface area (Å²) in [6.45, 7) is 3.63. The van der Waals surface area contributed by atoms with Gasteiger partial charge in [-0.15, -0.1) is 0 Å². The standard InChI is InChI=1S/C26H27N3O4/c30-26(28-31)23-10-9-21(23)19-7-5-18(6-8-19)16-29(17-25-32-13-14-33-25)12-11-20-15-27-24-4-2-1-3-22(20)24/h1-8,15,21,23,25,27,31H,11-14,16-17H2,(H,28,30). The maximum atomic E-state index is 11.7. The van der Waals surface area contributed by atoms with Crippen molar-refractivity contribution >= 4 is 16.8 Å². The Morgan fingerprint density at radius 2 is 1.91 bits per heavy atom. The van der Waals surface area contributed by atoms with E-state index in [9.17, 15) is 4.79 Å². The van der Waals surface area contributed by atoms with Gasteiger partial charge >= 0.3 is 0 Å². The van der Waals surface area contributed by atoms with Crippen molar-refractivity contribution in [2.45, 2.75) is 25.2 Å². The normalized spacial score (nSPS) is 19.9. The topological polar surface area (TPSA) is 86.8 Å². The highest BCUT2D eigenvalue weighted by Crippen LogP contribution is 2.30. The Morgan fingerprint density at radius 3 is 2.64 bits per heavy atom. The highest BCUT2D eigenvalue weighted by Gasteiger charge is 2.32. The first-order chi connectivity index (χ1) is 16.2. The third-order valence-electron chi connectivity index (χ3n) is 6.34. The molecule has 3 N–H and O–H groups in total. The highest BCUT2D eigenvalue weighted by molar-refractivity contribution is 5.84. The lowest BCUT2D eigenvalue weighted by atomic mass is 9.79. The first kappa shape index (κ1) is 21.7. The first-order valence-electron chi connectivity index (χ1n) is 11.3. The van der Waals surface area contributed by atoms with Gasteiger partial charge in [-0.1, -0.05) is 54.3 Å². The van der Waals surface area contributed by atoms with Crippen molar-refractivity contribution in [2.24, 2.45) is 5.92 Å². The van der Waals surface area contributed by atoms with Crippen molar-refractivity contribution in [2.75, 3.05) is 26.3 Å². The van der Waals surface area contributed by atoms with Crippen molar-refractivity contribution in [1.29, 1.82) is 0 Å². The van der Waals surface area contributed by atoms with Crippen LogP contribution in [0, 0.1) is 17.8 Å². The molecular formula is C26H27N3O4. The van der Waals surface area contributed by atoms with Gasteiger partial charge in [-0.05, 0) is 29.2 Å². The number of nitrogens with one attached hydrogen (secondary N) is 2. The number of aromatic amines is 1. The number of fused-ring (bicyclic) bond motifs is 1. The van der Waals surface area contributed by atoms with Gasteiger partial charge in [-0.2, -0.15) is 0 Å². The largest absolute Gasteiger partial charge is 0.361 e. The Bertz CT molecular complexity index is 1170. The van der Waals surface area contributed by atoms with Crippen molar-refractivity contribution in [1.82, 2.24) is 15.4 Å². The van der Waals surface area contributed by atoms with Crippen LogP contribution in [0.15, 0.2) is 54.7 Å². The number of rotatable bonds is 9. The number of H-pyrrole nitrogens is 1. The number of ether oxygens (including phenoxy) is 2. The molecule has 2 heterocycles. The summed E-state index contributed by atoms with van der Waals surface area (Å²) >= 11 is 0. The summed E-state index contributed by atoms with van der Waals surface area (Å²) in [6.07, 6.45) is 2.82. The Labute approximate surface area is 192 Å². The second kappa shape index (κ2) is 9.77. The van der Waals surface area contributed by atoms with E-state index in [0.717, 1.165) is 30.6 Å². The number of hydroxylamine groups is 1. The molecule has 0 radical (unpaired) electrons. The third kappa shape index (κ3) is 4.80. The van der Waals surface area contributed by atoms with E-state index < -0.39 is 11.8 Å². The number of aromatic nitrogens is 1. The zero-order chi connectivity index (χ0) is 22.6. The fraction of sp³-hybridized carbons (Fsp3) is 0.346. The molecule has 1 amide bonds. The van der Waals surface area contributed by atoms with Gasteiger partial charge in [0.25, 0.3) is 5.91 Å². The van der Waals surface area contributed by atoms with Gasteiger partial charge in [0.1, 0.15) is 5.92 Å². The number of para-hydroxylation sites is 1. The van der Waals surface area contributed by atoms with E-state index >= 15 is 0 Å². The average Bonchev–Trinajstić information content (AvgIpc) is 3.48. The van der Waals surface area contributed by atoms with E-state index in [0.29, 0.717) is 19.8 Å². The van der Waals surface area contributed by atoms with Gasteiger partial charge in [0.2, 0.25) is 0 Å². The van der Waals surface area contributed by atoms with Gasteiger partial charge in [0, 0.05) is 36.7 Å². The molecule has 7 heteroatoms. The summed E-state index contributed by atoms with van der Waals surface area (Å²) < 4.78 is 11.4. The Hall–Kier alpha value is -3.15. The van der Waals surface area contributed by atoms with Crippen LogP contribution >= 0.6 is 0 Å². The van der Waals surface area contributed by atoms with Gasteiger partial charge in [-0.25, -0.2) is 5.48 Å². The molecule has 1 fully saturated rings. The molecule has 5 rings (SSSR count). The minimum Gasteiger partial charge on any atom is -0.361 e. The maximum Gasteiger partial charge on any atom is 0.260 e. The quantitative estimate of drug-likeness (QED) is 0.268. The van der Waals surface area contributed by atoms with E-state index in [4.69, 9.17) is 14.7 Å². The summed E-state index contributed by atoms with van der Waals surface area (Å²) in [7, 11) is 0. The highest BCUT2D eigenvalue weighted by atomic mass is 16.7. The number of hydrogen-bond acceptors (Lipinski definition) is 5. The van der Waals surface area contributed by atoms with Crippen LogP contribution in [0.4, 0.5) is 0 Å². The van der Waals surface area contributed by atoms with Crippen LogP contribution in [0.2, 0.25) is 0 Å². The summed E-state index contributed by atoms with van der Waals surface area (Å²) in [6, 6.07) is 16.6. The van der Waals surface area contributed by atoms with Gasteiger partial charge in [0.15, 0.2) is 6.29 Å². The lowest BCUT2D eigenvalue weighted by Gasteiger charge is -2.26. The number of benzene rings is 2. The number of amides is 1. The molecule has 170 valence electrons. The van der Waals surface area contributed by atoms with E-state index in [1.165, 1.54) is 16.5 Å². The summed E-state index contributed by atoms with van der Waals surface area (Å²) in [5, 5.41) is 10.1.